The number of benzene rings is 1. The summed E-state index contributed by atoms with van der Waals surface area (Å²) in [4.78, 5) is 24.2. The van der Waals surface area contributed by atoms with E-state index in [0.29, 0.717) is 0 Å². The van der Waals surface area contributed by atoms with Gasteiger partial charge < -0.3 is 10.0 Å². The van der Waals surface area contributed by atoms with Gasteiger partial charge in [-0.3, -0.25) is 9.59 Å². The van der Waals surface area contributed by atoms with Crippen LogP contribution in [0.15, 0.2) is 18.2 Å². The Morgan fingerprint density at radius 1 is 1.37 bits per heavy atom. The summed E-state index contributed by atoms with van der Waals surface area (Å²) in [6.07, 6.45) is 0. The van der Waals surface area contributed by atoms with Crippen molar-refractivity contribution in [3.05, 3.63) is 34.6 Å². The van der Waals surface area contributed by atoms with E-state index in [-0.39, 0.29) is 10.6 Å². The molecule has 0 heterocycles. The SMILES string of the molecule is CC(C)(C)N(CC(=O)O)C(=O)c1cccc(Cl)c1F. The van der Waals surface area contributed by atoms with Gasteiger partial charge in [-0.2, -0.15) is 0 Å². The summed E-state index contributed by atoms with van der Waals surface area (Å²) in [7, 11) is 0. The molecule has 4 nitrogen and oxygen atoms in total. The quantitative estimate of drug-likeness (QED) is 0.930. The normalized spacial score (nSPS) is 11.2. The second-order valence-corrected chi connectivity index (χ2v) is 5.46. The lowest BCUT2D eigenvalue weighted by Crippen LogP contribution is -2.48. The van der Waals surface area contributed by atoms with Crippen molar-refractivity contribution in [2.45, 2.75) is 26.3 Å². The summed E-state index contributed by atoms with van der Waals surface area (Å²) < 4.78 is 13.8. The van der Waals surface area contributed by atoms with Gasteiger partial charge in [0.15, 0.2) is 5.82 Å². The van der Waals surface area contributed by atoms with Gasteiger partial charge in [-0.05, 0) is 32.9 Å². The van der Waals surface area contributed by atoms with Crippen molar-refractivity contribution < 1.29 is 19.1 Å². The Balaban J connectivity index is 3.20. The second kappa shape index (κ2) is 5.57. The fraction of sp³-hybridized carbons (Fsp3) is 0.385. The van der Waals surface area contributed by atoms with Crippen LogP contribution < -0.4 is 0 Å². The maximum atomic E-state index is 13.8. The van der Waals surface area contributed by atoms with Crippen LogP contribution in [0, 0.1) is 5.82 Å². The van der Waals surface area contributed by atoms with Gasteiger partial charge in [0.1, 0.15) is 6.54 Å². The lowest BCUT2D eigenvalue weighted by molar-refractivity contribution is -0.138. The fourth-order valence-corrected chi connectivity index (χ4v) is 1.74. The van der Waals surface area contributed by atoms with E-state index in [4.69, 9.17) is 16.7 Å². The number of halogens is 2. The molecular formula is C13H15ClFNO3. The van der Waals surface area contributed by atoms with Crippen molar-refractivity contribution >= 4 is 23.5 Å². The maximum Gasteiger partial charge on any atom is 0.323 e. The van der Waals surface area contributed by atoms with Gasteiger partial charge in [-0.25, -0.2) is 4.39 Å². The number of rotatable bonds is 3. The summed E-state index contributed by atoms with van der Waals surface area (Å²) in [5.74, 6) is -2.70. The van der Waals surface area contributed by atoms with Crippen LogP contribution in [0.25, 0.3) is 0 Å². The molecule has 19 heavy (non-hydrogen) atoms. The Morgan fingerprint density at radius 2 is 1.95 bits per heavy atom. The Bertz CT molecular complexity index is 511. The average Bonchev–Trinajstić information content (AvgIpc) is 2.27. The first-order chi connectivity index (χ1) is 8.64. The Labute approximate surface area is 115 Å². The Kier molecular flexibility index (Phi) is 4.52. The molecule has 104 valence electrons. The Morgan fingerprint density at radius 3 is 2.42 bits per heavy atom. The van der Waals surface area contributed by atoms with E-state index >= 15 is 0 Å². The van der Waals surface area contributed by atoms with Gasteiger partial charge in [0.25, 0.3) is 5.91 Å². The Hall–Kier alpha value is -1.62. The minimum atomic E-state index is -1.16. The molecule has 0 aliphatic carbocycles. The number of carbonyl (C=O) groups is 2. The molecule has 0 saturated carbocycles. The third-order valence-electron chi connectivity index (χ3n) is 2.53. The first-order valence-electron chi connectivity index (χ1n) is 5.62. The molecule has 0 aliphatic rings. The fourth-order valence-electron chi connectivity index (χ4n) is 1.56. The van der Waals surface area contributed by atoms with Gasteiger partial charge in [-0.1, -0.05) is 17.7 Å². The minimum Gasteiger partial charge on any atom is -0.480 e. The van der Waals surface area contributed by atoms with E-state index in [2.05, 4.69) is 0 Å². The van der Waals surface area contributed by atoms with Gasteiger partial charge in [-0.15, -0.1) is 0 Å². The van der Waals surface area contributed by atoms with Crippen LogP contribution in [-0.2, 0) is 4.79 Å². The summed E-state index contributed by atoms with van der Waals surface area (Å²) in [6.45, 7) is 4.52. The molecule has 0 bridgehead atoms. The van der Waals surface area contributed by atoms with Crippen LogP contribution in [-0.4, -0.2) is 34.0 Å². The minimum absolute atomic E-state index is 0.171. The van der Waals surface area contributed by atoms with Crippen molar-refractivity contribution in [2.24, 2.45) is 0 Å². The molecular weight excluding hydrogens is 273 g/mol. The number of carboxylic acids is 1. The molecule has 0 saturated heterocycles. The molecule has 0 unspecified atom stereocenters. The molecule has 0 fully saturated rings. The van der Waals surface area contributed by atoms with Crippen LogP contribution in [0.1, 0.15) is 31.1 Å². The van der Waals surface area contributed by atoms with Crippen molar-refractivity contribution in [1.82, 2.24) is 4.90 Å². The monoisotopic (exact) mass is 287 g/mol. The number of nitrogens with zero attached hydrogens (tertiary/aromatic N) is 1. The third-order valence-corrected chi connectivity index (χ3v) is 2.82. The summed E-state index contributed by atoms with van der Waals surface area (Å²) >= 11 is 5.62. The van der Waals surface area contributed by atoms with Crippen LogP contribution in [0.5, 0.6) is 0 Å². The lowest BCUT2D eigenvalue weighted by atomic mass is 10.0. The predicted octanol–water partition coefficient (Wildman–Crippen LogP) is 2.80. The van der Waals surface area contributed by atoms with Gasteiger partial charge in [0.2, 0.25) is 0 Å². The van der Waals surface area contributed by atoms with Crippen molar-refractivity contribution in [1.29, 1.82) is 0 Å². The molecule has 0 spiro atoms. The lowest BCUT2D eigenvalue weighted by Gasteiger charge is -2.34. The van der Waals surface area contributed by atoms with Gasteiger partial charge in [0.05, 0.1) is 10.6 Å². The van der Waals surface area contributed by atoms with Crippen LogP contribution >= 0.6 is 11.6 Å². The van der Waals surface area contributed by atoms with Gasteiger partial charge >= 0.3 is 5.97 Å². The number of carbonyl (C=O) groups excluding carboxylic acids is 1. The second-order valence-electron chi connectivity index (χ2n) is 5.06. The number of hydrogen-bond donors (Lipinski definition) is 1. The standard InChI is InChI=1S/C13H15ClFNO3/c1-13(2,3)16(7-10(17)18)12(19)8-5-4-6-9(14)11(8)15/h4-6H,7H2,1-3H3,(H,17,18). The zero-order valence-corrected chi connectivity index (χ0v) is 11.7. The average molecular weight is 288 g/mol. The predicted molar refractivity (Wildman–Crippen MR) is 69.8 cm³/mol. The molecule has 0 aliphatic heterocycles. The molecule has 1 rings (SSSR count). The smallest absolute Gasteiger partial charge is 0.323 e. The van der Waals surface area contributed by atoms with Crippen LogP contribution in [0.2, 0.25) is 5.02 Å². The van der Waals surface area contributed by atoms with E-state index in [9.17, 15) is 14.0 Å². The van der Waals surface area contributed by atoms with E-state index in [1.807, 2.05) is 0 Å². The van der Waals surface area contributed by atoms with Crippen molar-refractivity contribution in [2.75, 3.05) is 6.54 Å². The zero-order valence-electron chi connectivity index (χ0n) is 10.9. The van der Waals surface area contributed by atoms with E-state index < -0.39 is 29.8 Å². The highest BCUT2D eigenvalue weighted by Crippen LogP contribution is 2.22. The molecule has 1 aromatic rings. The van der Waals surface area contributed by atoms with Crippen molar-refractivity contribution in [3.8, 4) is 0 Å². The first-order valence-corrected chi connectivity index (χ1v) is 6.00. The summed E-state index contributed by atoms with van der Waals surface area (Å²) in [5, 5.41) is 8.68. The largest absolute Gasteiger partial charge is 0.480 e. The van der Waals surface area contributed by atoms with Crippen LogP contribution in [0.3, 0.4) is 0 Å². The van der Waals surface area contributed by atoms with E-state index in [1.165, 1.54) is 18.2 Å². The van der Waals surface area contributed by atoms with E-state index in [1.54, 1.807) is 20.8 Å². The van der Waals surface area contributed by atoms with Gasteiger partial charge in [0, 0.05) is 5.54 Å². The highest BCUT2D eigenvalue weighted by molar-refractivity contribution is 6.31. The summed E-state index contributed by atoms with van der Waals surface area (Å²) in [6, 6.07) is 4.05. The molecule has 0 aromatic heterocycles. The molecule has 1 amide bonds. The topological polar surface area (TPSA) is 57.6 Å². The molecule has 1 aromatic carbocycles. The first kappa shape index (κ1) is 15.4. The number of hydrogen-bond acceptors (Lipinski definition) is 2. The highest BCUT2D eigenvalue weighted by Gasteiger charge is 2.31. The molecule has 0 radical (unpaired) electrons. The molecule has 1 N–H and O–H groups in total. The summed E-state index contributed by atoms with van der Waals surface area (Å²) in [5.41, 5.74) is -0.979. The number of amides is 1. The van der Waals surface area contributed by atoms with E-state index in [0.717, 1.165) is 4.90 Å². The number of carboxylic acid groups (broad SMARTS) is 1. The third kappa shape index (κ3) is 3.67. The highest BCUT2D eigenvalue weighted by atomic mass is 35.5. The zero-order chi connectivity index (χ0) is 14.8. The number of aliphatic carboxylic acids is 1. The maximum absolute atomic E-state index is 13.8. The van der Waals surface area contributed by atoms with Crippen molar-refractivity contribution in [3.63, 3.8) is 0 Å². The molecule has 6 heteroatoms. The molecule has 0 atom stereocenters. The van der Waals surface area contributed by atoms with Crippen LogP contribution in [0.4, 0.5) is 4.39 Å².